The minimum absolute atomic E-state index is 0.0523. The molecule has 0 radical (unpaired) electrons. The molecule has 2 aromatic carbocycles. The summed E-state index contributed by atoms with van der Waals surface area (Å²) in [5.74, 6) is 1.38. The van der Waals surface area contributed by atoms with E-state index in [-0.39, 0.29) is 12.1 Å². The van der Waals surface area contributed by atoms with E-state index in [2.05, 4.69) is 68.7 Å². The summed E-state index contributed by atoms with van der Waals surface area (Å²) in [6, 6.07) is 13.2. The van der Waals surface area contributed by atoms with Crippen LogP contribution < -0.4 is 0 Å². The Morgan fingerprint density at radius 3 is 2.70 bits per heavy atom. The molecule has 0 bridgehead atoms. The van der Waals surface area contributed by atoms with Gasteiger partial charge in [-0.2, -0.15) is 0 Å². The average Bonchev–Trinajstić information content (AvgIpc) is 3.33. The Labute approximate surface area is 204 Å². The Hall–Kier alpha value is -1.73. The molecule has 1 saturated heterocycles. The normalized spacial score (nSPS) is 23.9. The molecule has 1 aliphatic heterocycles. The zero-order valence-electron chi connectivity index (χ0n) is 20.0. The molecule has 6 heteroatoms. The average molecular weight is 512 g/mol. The van der Waals surface area contributed by atoms with Crippen molar-refractivity contribution in [1.29, 1.82) is 0 Å². The summed E-state index contributed by atoms with van der Waals surface area (Å²) in [5, 5.41) is 10.9. The SMILES string of the molecule is CO[C@@H]1CN(CC2Cc3ccc(Br)cc3C2)CCC1n1c(C(C)(C)O)nc2cc(C)ccc21. The van der Waals surface area contributed by atoms with Crippen molar-refractivity contribution < 1.29 is 9.84 Å². The molecule has 2 heterocycles. The molecule has 0 amide bonds. The largest absolute Gasteiger partial charge is 0.383 e. The minimum atomic E-state index is -1.02. The molecule has 33 heavy (non-hydrogen) atoms. The van der Waals surface area contributed by atoms with Crippen molar-refractivity contribution in [3.63, 3.8) is 0 Å². The first kappa shape index (κ1) is 23.0. The quantitative estimate of drug-likeness (QED) is 0.522. The Balaban J connectivity index is 1.36. The Morgan fingerprint density at radius 2 is 1.94 bits per heavy atom. The second kappa shape index (κ2) is 8.81. The summed E-state index contributed by atoms with van der Waals surface area (Å²) in [7, 11) is 1.82. The van der Waals surface area contributed by atoms with Crippen molar-refractivity contribution in [3.05, 3.63) is 63.4 Å². The highest BCUT2D eigenvalue weighted by atomic mass is 79.9. The van der Waals surface area contributed by atoms with Crippen LogP contribution in [0.3, 0.4) is 0 Å². The summed E-state index contributed by atoms with van der Waals surface area (Å²) in [4.78, 5) is 7.43. The molecule has 3 atom stereocenters. The molecule has 1 aromatic heterocycles. The predicted molar refractivity (Wildman–Crippen MR) is 136 cm³/mol. The number of hydrogen-bond acceptors (Lipinski definition) is 4. The van der Waals surface area contributed by atoms with Gasteiger partial charge in [-0.15, -0.1) is 0 Å². The molecule has 5 rings (SSSR count). The van der Waals surface area contributed by atoms with Gasteiger partial charge in [0.2, 0.25) is 0 Å². The van der Waals surface area contributed by atoms with Crippen LogP contribution in [-0.2, 0) is 23.2 Å². The van der Waals surface area contributed by atoms with Crippen molar-refractivity contribution in [3.8, 4) is 0 Å². The maximum Gasteiger partial charge on any atom is 0.141 e. The van der Waals surface area contributed by atoms with Gasteiger partial charge in [-0.05, 0) is 86.9 Å². The van der Waals surface area contributed by atoms with Gasteiger partial charge < -0.3 is 19.3 Å². The number of aliphatic hydroxyl groups is 1. The van der Waals surface area contributed by atoms with E-state index in [0.717, 1.165) is 55.8 Å². The first-order valence-electron chi connectivity index (χ1n) is 12.0. The predicted octanol–water partition coefficient (Wildman–Crippen LogP) is 5.01. The van der Waals surface area contributed by atoms with Crippen LogP contribution in [0.15, 0.2) is 40.9 Å². The number of halogens is 1. The number of piperidine rings is 1. The molecular formula is C27H34BrN3O2. The van der Waals surface area contributed by atoms with Crippen molar-refractivity contribution in [2.75, 3.05) is 26.7 Å². The number of benzene rings is 2. The van der Waals surface area contributed by atoms with Crippen LogP contribution in [-0.4, -0.2) is 52.4 Å². The highest BCUT2D eigenvalue weighted by molar-refractivity contribution is 9.10. The topological polar surface area (TPSA) is 50.5 Å². The van der Waals surface area contributed by atoms with Gasteiger partial charge in [0.15, 0.2) is 0 Å². The fraction of sp³-hybridized carbons (Fsp3) is 0.519. The fourth-order valence-electron chi connectivity index (χ4n) is 5.81. The van der Waals surface area contributed by atoms with E-state index in [0.29, 0.717) is 5.92 Å². The highest BCUT2D eigenvalue weighted by Gasteiger charge is 2.37. The lowest BCUT2D eigenvalue weighted by Crippen LogP contribution is -2.47. The van der Waals surface area contributed by atoms with Crippen LogP contribution in [0.4, 0.5) is 0 Å². The van der Waals surface area contributed by atoms with Gasteiger partial charge >= 0.3 is 0 Å². The Bertz CT molecular complexity index is 1170. The van der Waals surface area contributed by atoms with Gasteiger partial charge in [-0.25, -0.2) is 4.98 Å². The van der Waals surface area contributed by atoms with Crippen molar-refractivity contribution in [2.45, 2.75) is 57.8 Å². The molecular weight excluding hydrogens is 478 g/mol. The summed E-state index contributed by atoms with van der Waals surface area (Å²) in [6.07, 6.45) is 3.35. The summed E-state index contributed by atoms with van der Waals surface area (Å²) in [6.45, 7) is 8.75. The molecule has 1 N–H and O–H groups in total. The van der Waals surface area contributed by atoms with Gasteiger partial charge in [0.25, 0.3) is 0 Å². The van der Waals surface area contributed by atoms with E-state index in [4.69, 9.17) is 9.72 Å². The van der Waals surface area contributed by atoms with E-state index < -0.39 is 5.60 Å². The van der Waals surface area contributed by atoms with Crippen molar-refractivity contribution in [2.24, 2.45) is 5.92 Å². The Morgan fingerprint density at radius 1 is 1.15 bits per heavy atom. The lowest BCUT2D eigenvalue weighted by atomic mass is 9.97. The van der Waals surface area contributed by atoms with E-state index in [1.54, 1.807) is 0 Å². The number of likely N-dealkylation sites (tertiary alicyclic amines) is 1. The maximum atomic E-state index is 10.9. The number of aryl methyl sites for hydroxylation is 1. The van der Waals surface area contributed by atoms with E-state index in [1.807, 2.05) is 21.0 Å². The number of aromatic nitrogens is 2. The maximum absolute atomic E-state index is 10.9. The van der Waals surface area contributed by atoms with Gasteiger partial charge in [0.05, 0.1) is 23.2 Å². The number of fused-ring (bicyclic) bond motifs is 2. The lowest BCUT2D eigenvalue weighted by Gasteiger charge is -2.40. The fourth-order valence-corrected chi connectivity index (χ4v) is 6.22. The molecule has 1 aliphatic carbocycles. The van der Waals surface area contributed by atoms with Crippen LogP contribution >= 0.6 is 15.9 Å². The van der Waals surface area contributed by atoms with Crippen LogP contribution in [0.2, 0.25) is 0 Å². The summed E-state index contributed by atoms with van der Waals surface area (Å²) >= 11 is 3.61. The van der Waals surface area contributed by atoms with E-state index >= 15 is 0 Å². The Kier molecular flexibility index (Phi) is 6.15. The summed E-state index contributed by atoms with van der Waals surface area (Å²) < 4.78 is 9.49. The minimum Gasteiger partial charge on any atom is -0.383 e. The van der Waals surface area contributed by atoms with Gasteiger partial charge in [0, 0.05) is 31.2 Å². The number of methoxy groups -OCH3 is 1. The zero-order chi connectivity index (χ0) is 23.3. The first-order valence-corrected chi connectivity index (χ1v) is 12.8. The second-order valence-electron chi connectivity index (χ2n) is 10.4. The molecule has 0 saturated carbocycles. The summed E-state index contributed by atoms with van der Waals surface area (Å²) in [5.41, 5.74) is 5.16. The van der Waals surface area contributed by atoms with Crippen molar-refractivity contribution >= 4 is 27.0 Å². The number of nitrogens with zero attached hydrogens (tertiary/aromatic N) is 3. The van der Waals surface area contributed by atoms with Gasteiger partial charge in [-0.1, -0.05) is 28.1 Å². The highest BCUT2D eigenvalue weighted by Crippen LogP contribution is 2.36. The molecule has 3 aromatic rings. The smallest absolute Gasteiger partial charge is 0.141 e. The monoisotopic (exact) mass is 511 g/mol. The first-order chi connectivity index (χ1) is 15.7. The molecule has 2 unspecified atom stereocenters. The van der Waals surface area contributed by atoms with Crippen LogP contribution in [0.25, 0.3) is 11.0 Å². The third-order valence-electron chi connectivity index (χ3n) is 7.34. The van der Waals surface area contributed by atoms with E-state index in [9.17, 15) is 5.11 Å². The second-order valence-corrected chi connectivity index (χ2v) is 11.3. The standard InChI is InChI=1S/C27H34BrN3O2/c1-17-5-8-23-22(11-17)29-26(27(2,3)32)31(23)24-9-10-30(16-25(24)33-4)15-18-12-19-6-7-21(28)14-20(19)13-18/h5-8,11,14,18,24-25,32H,9-10,12-13,15-16H2,1-4H3/t18?,24?,25-/m1/s1. The molecule has 0 spiro atoms. The third kappa shape index (κ3) is 4.51. The van der Waals surface area contributed by atoms with Gasteiger partial charge in [0.1, 0.15) is 11.4 Å². The van der Waals surface area contributed by atoms with E-state index in [1.165, 1.54) is 21.2 Å². The van der Waals surface area contributed by atoms with Gasteiger partial charge in [-0.3, -0.25) is 0 Å². The molecule has 5 nitrogen and oxygen atoms in total. The number of hydrogen-bond donors (Lipinski definition) is 1. The third-order valence-corrected chi connectivity index (χ3v) is 7.83. The zero-order valence-corrected chi connectivity index (χ0v) is 21.6. The van der Waals surface area contributed by atoms with Crippen LogP contribution in [0, 0.1) is 12.8 Å². The van der Waals surface area contributed by atoms with Crippen molar-refractivity contribution in [1.82, 2.24) is 14.5 Å². The van der Waals surface area contributed by atoms with Crippen LogP contribution in [0.1, 0.15) is 48.8 Å². The molecule has 176 valence electrons. The molecule has 1 fully saturated rings. The number of ether oxygens (including phenoxy) is 1. The number of imidazole rings is 1. The number of rotatable bonds is 5. The molecule has 2 aliphatic rings. The van der Waals surface area contributed by atoms with Crippen LogP contribution in [0.5, 0.6) is 0 Å². The lowest BCUT2D eigenvalue weighted by molar-refractivity contribution is -0.0151.